The van der Waals surface area contributed by atoms with Crippen molar-refractivity contribution >= 4 is 8.32 Å². The molecule has 1 saturated carbocycles. The van der Waals surface area contributed by atoms with E-state index >= 15 is 0 Å². The summed E-state index contributed by atoms with van der Waals surface area (Å²) in [4.78, 5) is 0. The lowest BCUT2D eigenvalue weighted by Gasteiger charge is -2.38. The average Bonchev–Trinajstić information content (AvgIpc) is 2.66. The fraction of sp³-hybridized carbons (Fsp3) is 0.818. The Morgan fingerprint density at radius 2 is 1.77 bits per heavy atom. The first-order valence-corrected chi connectivity index (χ1v) is 7.81. The second kappa shape index (κ2) is 2.86. The molecule has 0 bridgehead atoms. The summed E-state index contributed by atoms with van der Waals surface area (Å²) in [5.74, 6) is 2.79. The van der Waals surface area contributed by atoms with Gasteiger partial charge in [-0.05, 0) is 31.0 Å². The van der Waals surface area contributed by atoms with E-state index in [2.05, 4.69) is 39.8 Å². The highest BCUT2D eigenvalue weighted by Gasteiger charge is 2.50. The minimum Gasteiger partial charge on any atom is -0.401 e. The Kier molecular flexibility index (Phi) is 2.38. The van der Waals surface area contributed by atoms with Crippen molar-refractivity contribution < 1.29 is 4.43 Å². The number of terminal acetylenes is 1. The van der Waals surface area contributed by atoms with E-state index in [-0.39, 0.29) is 10.6 Å². The zero-order chi connectivity index (χ0) is 10.3. The van der Waals surface area contributed by atoms with Crippen LogP contribution in [-0.2, 0) is 4.43 Å². The summed E-state index contributed by atoms with van der Waals surface area (Å²) in [7, 11) is -1.64. The third kappa shape index (κ3) is 2.15. The molecule has 74 valence electrons. The standard InChI is InChI=1S/C11H20OSi/c1-7-11(8-9-11)12-13(5,6)10(2,3)4/h1H,8-9H2,2-6H3. The molecule has 0 saturated heterocycles. The maximum absolute atomic E-state index is 6.15. The number of rotatable bonds is 2. The van der Waals surface area contributed by atoms with Crippen molar-refractivity contribution in [1.82, 2.24) is 0 Å². The highest BCUT2D eigenvalue weighted by Crippen LogP contribution is 2.47. The molecule has 1 rings (SSSR count). The number of hydrogen-bond acceptors (Lipinski definition) is 1. The van der Waals surface area contributed by atoms with Crippen LogP contribution in [-0.4, -0.2) is 13.9 Å². The van der Waals surface area contributed by atoms with Crippen LogP contribution in [0.15, 0.2) is 0 Å². The van der Waals surface area contributed by atoms with Crippen molar-refractivity contribution in [3.05, 3.63) is 0 Å². The van der Waals surface area contributed by atoms with Gasteiger partial charge in [-0.25, -0.2) is 0 Å². The third-order valence-corrected chi connectivity index (χ3v) is 7.74. The zero-order valence-corrected chi connectivity index (χ0v) is 10.4. The van der Waals surface area contributed by atoms with E-state index in [0.29, 0.717) is 0 Å². The van der Waals surface area contributed by atoms with E-state index in [1.807, 2.05) is 0 Å². The largest absolute Gasteiger partial charge is 0.401 e. The minimum atomic E-state index is -1.64. The molecule has 0 unspecified atom stereocenters. The maximum atomic E-state index is 6.15. The van der Waals surface area contributed by atoms with Gasteiger partial charge in [0, 0.05) is 0 Å². The predicted molar refractivity (Wildman–Crippen MR) is 59.1 cm³/mol. The van der Waals surface area contributed by atoms with Gasteiger partial charge in [0.25, 0.3) is 0 Å². The first-order chi connectivity index (χ1) is 5.72. The quantitative estimate of drug-likeness (QED) is 0.487. The summed E-state index contributed by atoms with van der Waals surface area (Å²) >= 11 is 0. The lowest BCUT2D eigenvalue weighted by Crippen LogP contribution is -2.44. The molecule has 1 aliphatic rings. The van der Waals surface area contributed by atoms with Crippen LogP contribution in [0.25, 0.3) is 0 Å². The maximum Gasteiger partial charge on any atom is 0.194 e. The van der Waals surface area contributed by atoms with Crippen molar-refractivity contribution in [2.24, 2.45) is 0 Å². The monoisotopic (exact) mass is 196 g/mol. The van der Waals surface area contributed by atoms with E-state index < -0.39 is 8.32 Å². The molecule has 0 radical (unpaired) electrons. The van der Waals surface area contributed by atoms with Gasteiger partial charge in [-0.15, -0.1) is 6.42 Å². The van der Waals surface area contributed by atoms with Crippen LogP contribution in [0.4, 0.5) is 0 Å². The summed E-state index contributed by atoms with van der Waals surface area (Å²) < 4.78 is 6.15. The first kappa shape index (κ1) is 10.8. The molecular weight excluding hydrogens is 176 g/mol. The third-order valence-electron chi connectivity index (χ3n) is 3.22. The Bertz CT molecular complexity index is 238. The molecule has 0 aromatic rings. The van der Waals surface area contributed by atoms with Gasteiger partial charge in [0.05, 0.1) is 0 Å². The fourth-order valence-corrected chi connectivity index (χ4v) is 2.58. The second-order valence-electron chi connectivity index (χ2n) is 5.50. The second-order valence-corrected chi connectivity index (χ2v) is 10.2. The lowest BCUT2D eigenvalue weighted by atomic mass is 10.2. The van der Waals surface area contributed by atoms with E-state index in [9.17, 15) is 0 Å². The van der Waals surface area contributed by atoms with E-state index in [4.69, 9.17) is 10.8 Å². The highest BCUT2D eigenvalue weighted by atomic mass is 28.4. The molecule has 1 aliphatic carbocycles. The van der Waals surface area contributed by atoms with Gasteiger partial charge in [-0.3, -0.25) is 0 Å². The molecule has 2 heteroatoms. The van der Waals surface area contributed by atoms with Crippen LogP contribution >= 0.6 is 0 Å². The van der Waals surface area contributed by atoms with Gasteiger partial charge in [0.1, 0.15) is 5.60 Å². The zero-order valence-electron chi connectivity index (χ0n) is 9.40. The average molecular weight is 196 g/mol. The molecule has 0 N–H and O–H groups in total. The first-order valence-electron chi connectivity index (χ1n) is 4.90. The normalized spacial score (nSPS) is 20.9. The van der Waals surface area contributed by atoms with Crippen LogP contribution in [0.3, 0.4) is 0 Å². The van der Waals surface area contributed by atoms with Gasteiger partial charge in [-0.2, -0.15) is 0 Å². The van der Waals surface area contributed by atoms with Gasteiger partial charge in [0.15, 0.2) is 8.32 Å². The van der Waals surface area contributed by atoms with Crippen LogP contribution in [0.2, 0.25) is 18.1 Å². The molecule has 1 nitrogen and oxygen atoms in total. The fourth-order valence-electron chi connectivity index (χ4n) is 1.03. The highest BCUT2D eigenvalue weighted by molar-refractivity contribution is 6.74. The Morgan fingerprint density at radius 1 is 1.31 bits per heavy atom. The summed E-state index contributed by atoms with van der Waals surface area (Å²) in [5.41, 5.74) is -0.178. The minimum absolute atomic E-state index is 0.178. The molecule has 0 aromatic heterocycles. The van der Waals surface area contributed by atoms with Crippen molar-refractivity contribution in [1.29, 1.82) is 0 Å². The van der Waals surface area contributed by atoms with Crippen LogP contribution in [0.1, 0.15) is 33.6 Å². The van der Waals surface area contributed by atoms with E-state index in [0.717, 1.165) is 12.8 Å². The van der Waals surface area contributed by atoms with Gasteiger partial charge in [-0.1, -0.05) is 26.7 Å². The summed E-state index contributed by atoms with van der Waals surface area (Å²) in [6.07, 6.45) is 7.57. The summed E-state index contributed by atoms with van der Waals surface area (Å²) in [6.45, 7) is 11.2. The molecule has 0 heterocycles. The molecular formula is C11H20OSi. The summed E-state index contributed by atoms with van der Waals surface area (Å²) in [5, 5.41) is 0.263. The Hall–Kier alpha value is -0.263. The van der Waals surface area contributed by atoms with E-state index in [1.165, 1.54) is 0 Å². The topological polar surface area (TPSA) is 9.23 Å². The molecule has 0 spiro atoms. The van der Waals surface area contributed by atoms with Gasteiger partial charge in [0.2, 0.25) is 0 Å². The Labute approximate surface area is 83.0 Å². The molecule has 0 amide bonds. The van der Waals surface area contributed by atoms with Crippen molar-refractivity contribution in [3.8, 4) is 12.3 Å². The van der Waals surface area contributed by atoms with Crippen LogP contribution in [0.5, 0.6) is 0 Å². The van der Waals surface area contributed by atoms with Crippen LogP contribution in [0, 0.1) is 12.3 Å². The van der Waals surface area contributed by atoms with Crippen molar-refractivity contribution in [2.75, 3.05) is 0 Å². The lowest BCUT2D eigenvalue weighted by molar-refractivity contribution is 0.215. The molecule has 1 fully saturated rings. The molecule has 13 heavy (non-hydrogen) atoms. The van der Waals surface area contributed by atoms with Crippen molar-refractivity contribution in [3.63, 3.8) is 0 Å². The van der Waals surface area contributed by atoms with Gasteiger partial charge < -0.3 is 4.43 Å². The molecule has 0 aromatic carbocycles. The van der Waals surface area contributed by atoms with Gasteiger partial charge >= 0.3 is 0 Å². The molecule has 0 atom stereocenters. The SMILES string of the molecule is C#CC1(O[Si](C)(C)C(C)(C)C)CC1. The van der Waals surface area contributed by atoms with E-state index in [1.54, 1.807) is 0 Å². The molecule has 0 aliphatic heterocycles. The number of hydrogen-bond donors (Lipinski definition) is 0. The predicted octanol–water partition coefficient (Wildman–Crippen LogP) is 3.17. The smallest absolute Gasteiger partial charge is 0.194 e. The van der Waals surface area contributed by atoms with Crippen molar-refractivity contribution in [2.45, 2.75) is 57.3 Å². The Balaban J connectivity index is 2.69. The summed E-state index contributed by atoms with van der Waals surface area (Å²) in [6, 6.07) is 0. The Morgan fingerprint density at radius 3 is 2.00 bits per heavy atom. The van der Waals surface area contributed by atoms with Crippen LogP contribution < -0.4 is 0 Å².